The summed E-state index contributed by atoms with van der Waals surface area (Å²) in [7, 11) is 0. The molecule has 80 valence electrons. The highest BCUT2D eigenvalue weighted by Gasteiger charge is 2.17. The van der Waals surface area contributed by atoms with Crippen molar-refractivity contribution in [2.75, 3.05) is 0 Å². The molecule has 15 heavy (non-hydrogen) atoms. The lowest BCUT2D eigenvalue weighted by Gasteiger charge is -2.08. The molecule has 1 heterocycles. The summed E-state index contributed by atoms with van der Waals surface area (Å²) in [5.74, 6) is 0. The summed E-state index contributed by atoms with van der Waals surface area (Å²) in [6, 6.07) is 2.80. The Bertz CT molecular complexity index is 401. The Kier molecular flexibility index (Phi) is 3.66. The molecule has 0 saturated carbocycles. The van der Waals surface area contributed by atoms with Gasteiger partial charge in [0.15, 0.2) is 0 Å². The molecule has 0 bridgehead atoms. The van der Waals surface area contributed by atoms with E-state index in [9.17, 15) is 8.78 Å². The highest BCUT2D eigenvalue weighted by molar-refractivity contribution is 5.39. The first-order valence-electron chi connectivity index (χ1n) is 4.15. The number of aliphatic hydroxyl groups is 1. The number of hydrogen-bond donors (Lipinski definition) is 2. The van der Waals surface area contributed by atoms with Crippen molar-refractivity contribution in [3.05, 3.63) is 28.6 Å². The highest BCUT2D eigenvalue weighted by Crippen LogP contribution is 2.22. The van der Waals surface area contributed by atoms with Crippen molar-refractivity contribution in [1.82, 2.24) is 4.98 Å². The topological polar surface area (TPSA) is 82.9 Å². The van der Waals surface area contributed by atoms with Gasteiger partial charge in [0, 0.05) is 12.1 Å². The molecule has 0 fully saturated rings. The van der Waals surface area contributed by atoms with E-state index in [0.29, 0.717) is 5.56 Å². The zero-order valence-corrected chi connectivity index (χ0v) is 7.74. The summed E-state index contributed by atoms with van der Waals surface area (Å²) >= 11 is 0. The first kappa shape index (κ1) is 11.5. The van der Waals surface area contributed by atoms with E-state index in [1.54, 1.807) is 6.07 Å². The van der Waals surface area contributed by atoms with E-state index in [1.165, 1.54) is 6.07 Å². The van der Waals surface area contributed by atoms with Crippen molar-refractivity contribution in [2.45, 2.75) is 19.6 Å². The number of nitrogens with zero attached hydrogens (tertiary/aromatic N) is 2. The molecule has 0 atom stereocenters. The lowest BCUT2D eigenvalue weighted by atomic mass is 10.1. The van der Waals surface area contributed by atoms with E-state index in [2.05, 4.69) is 4.98 Å². The normalized spacial score (nSPS) is 10.4. The summed E-state index contributed by atoms with van der Waals surface area (Å²) in [4.78, 5) is 3.57. The molecule has 0 aromatic carbocycles. The predicted octanol–water partition coefficient (Wildman–Crippen LogP) is 0.842. The van der Waals surface area contributed by atoms with Crippen LogP contribution in [0.3, 0.4) is 0 Å². The van der Waals surface area contributed by atoms with Gasteiger partial charge in [0.05, 0.1) is 17.9 Å². The number of aromatic nitrogens is 1. The number of halogens is 2. The van der Waals surface area contributed by atoms with Crippen LogP contribution in [0, 0.1) is 11.3 Å². The third-order valence-corrected chi connectivity index (χ3v) is 1.91. The Morgan fingerprint density at radius 1 is 1.60 bits per heavy atom. The Hall–Kier alpha value is -1.58. The standard InChI is InChI=1S/C9H9F2N3O/c10-9(11)8-5(2-12)1-6(4-15)7(3-13)14-8/h1,9,15H,3-4,13H2. The van der Waals surface area contributed by atoms with Gasteiger partial charge in [-0.1, -0.05) is 0 Å². The van der Waals surface area contributed by atoms with Crippen LogP contribution >= 0.6 is 0 Å². The minimum atomic E-state index is -2.82. The van der Waals surface area contributed by atoms with E-state index >= 15 is 0 Å². The molecule has 4 nitrogen and oxygen atoms in total. The predicted molar refractivity (Wildman–Crippen MR) is 47.7 cm³/mol. The van der Waals surface area contributed by atoms with Crippen molar-refractivity contribution in [1.29, 1.82) is 5.26 Å². The van der Waals surface area contributed by atoms with E-state index in [-0.39, 0.29) is 24.4 Å². The molecule has 0 aliphatic rings. The maximum atomic E-state index is 12.4. The second-order valence-electron chi connectivity index (χ2n) is 2.80. The summed E-state index contributed by atoms with van der Waals surface area (Å²) in [6.45, 7) is -0.431. The molecular weight excluding hydrogens is 204 g/mol. The third-order valence-electron chi connectivity index (χ3n) is 1.91. The number of hydrogen-bond acceptors (Lipinski definition) is 4. The number of pyridine rings is 1. The zero-order chi connectivity index (χ0) is 11.4. The molecular formula is C9H9F2N3O. The lowest BCUT2D eigenvalue weighted by molar-refractivity contribution is 0.145. The van der Waals surface area contributed by atoms with Gasteiger partial charge in [0.2, 0.25) is 0 Å². The van der Waals surface area contributed by atoms with Gasteiger partial charge in [-0.05, 0) is 6.07 Å². The van der Waals surface area contributed by atoms with Crippen LogP contribution in [-0.2, 0) is 13.2 Å². The summed E-state index contributed by atoms with van der Waals surface area (Å²) in [5, 5.41) is 17.5. The Morgan fingerprint density at radius 3 is 2.67 bits per heavy atom. The largest absolute Gasteiger partial charge is 0.392 e. The van der Waals surface area contributed by atoms with Crippen LogP contribution in [0.2, 0.25) is 0 Å². The molecule has 0 saturated heterocycles. The number of nitrogens with two attached hydrogens (primary N) is 1. The van der Waals surface area contributed by atoms with Gasteiger partial charge in [-0.2, -0.15) is 5.26 Å². The molecule has 0 aliphatic carbocycles. The Morgan fingerprint density at radius 2 is 2.27 bits per heavy atom. The smallest absolute Gasteiger partial charge is 0.281 e. The number of aliphatic hydroxyl groups excluding tert-OH is 1. The van der Waals surface area contributed by atoms with Crippen LogP contribution in [0.15, 0.2) is 6.07 Å². The number of rotatable bonds is 3. The first-order chi connectivity index (χ1) is 7.13. The fourth-order valence-corrected chi connectivity index (χ4v) is 1.18. The summed E-state index contributed by atoms with van der Waals surface area (Å²) in [5.41, 5.74) is 4.96. The van der Waals surface area contributed by atoms with E-state index in [0.717, 1.165) is 0 Å². The van der Waals surface area contributed by atoms with Crippen LogP contribution in [0.4, 0.5) is 8.78 Å². The summed E-state index contributed by atoms with van der Waals surface area (Å²) in [6.07, 6.45) is -2.82. The maximum absolute atomic E-state index is 12.4. The van der Waals surface area contributed by atoms with E-state index in [4.69, 9.17) is 16.1 Å². The van der Waals surface area contributed by atoms with Gasteiger partial charge >= 0.3 is 0 Å². The molecule has 1 aromatic heterocycles. The SMILES string of the molecule is N#Cc1cc(CO)c(CN)nc1C(F)F. The van der Waals surface area contributed by atoms with E-state index < -0.39 is 12.1 Å². The summed E-state index contributed by atoms with van der Waals surface area (Å²) < 4.78 is 24.9. The fourth-order valence-electron chi connectivity index (χ4n) is 1.18. The minimum absolute atomic E-state index is 0.0542. The molecule has 0 aliphatic heterocycles. The molecule has 6 heteroatoms. The fraction of sp³-hybridized carbons (Fsp3) is 0.333. The van der Waals surface area contributed by atoms with Gasteiger partial charge in [-0.3, -0.25) is 0 Å². The van der Waals surface area contributed by atoms with Gasteiger partial charge in [-0.25, -0.2) is 13.8 Å². The van der Waals surface area contributed by atoms with Crippen molar-refractivity contribution < 1.29 is 13.9 Å². The number of nitriles is 1. The highest BCUT2D eigenvalue weighted by atomic mass is 19.3. The minimum Gasteiger partial charge on any atom is -0.392 e. The quantitative estimate of drug-likeness (QED) is 0.779. The average Bonchev–Trinajstić information content (AvgIpc) is 2.26. The van der Waals surface area contributed by atoms with Crippen molar-refractivity contribution in [3.63, 3.8) is 0 Å². The molecule has 0 radical (unpaired) electrons. The first-order valence-corrected chi connectivity index (χ1v) is 4.15. The van der Waals surface area contributed by atoms with Gasteiger partial charge in [0.25, 0.3) is 6.43 Å². The number of alkyl halides is 2. The molecule has 0 spiro atoms. The lowest BCUT2D eigenvalue weighted by Crippen LogP contribution is -2.09. The average molecular weight is 213 g/mol. The monoisotopic (exact) mass is 213 g/mol. The molecule has 0 amide bonds. The molecule has 1 aromatic rings. The maximum Gasteiger partial charge on any atom is 0.281 e. The third kappa shape index (κ3) is 2.26. The van der Waals surface area contributed by atoms with Crippen molar-refractivity contribution >= 4 is 0 Å². The van der Waals surface area contributed by atoms with E-state index in [1.807, 2.05) is 0 Å². The molecule has 0 unspecified atom stereocenters. The van der Waals surface area contributed by atoms with Crippen molar-refractivity contribution in [3.8, 4) is 6.07 Å². The van der Waals surface area contributed by atoms with Gasteiger partial charge in [-0.15, -0.1) is 0 Å². The van der Waals surface area contributed by atoms with Crippen LogP contribution in [0.5, 0.6) is 0 Å². The van der Waals surface area contributed by atoms with Crippen LogP contribution in [-0.4, -0.2) is 10.1 Å². The Labute approximate surface area is 85.0 Å². The van der Waals surface area contributed by atoms with Gasteiger partial charge < -0.3 is 10.8 Å². The van der Waals surface area contributed by atoms with Gasteiger partial charge in [0.1, 0.15) is 11.8 Å². The van der Waals surface area contributed by atoms with Crippen molar-refractivity contribution in [2.24, 2.45) is 5.73 Å². The Balaban J connectivity index is 3.36. The second-order valence-corrected chi connectivity index (χ2v) is 2.80. The van der Waals surface area contributed by atoms with Crippen LogP contribution in [0.25, 0.3) is 0 Å². The van der Waals surface area contributed by atoms with Crippen LogP contribution in [0.1, 0.15) is 28.9 Å². The second kappa shape index (κ2) is 4.77. The zero-order valence-electron chi connectivity index (χ0n) is 7.74. The van der Waals surface area contributed by atoms with Crippen LogP contribution < -0.4 is 5.73 Å². The molecule has 3 N–H and O–H groups in total. The molecule has 1 rings (SSSR count).